The third kappa shape index (κ3) is 3.26. The molecule has 0 spiro atoms. The first-order valence-electron chi connectivity index (χ1n) is 9.61. The Morgan fingerprint density at radius 2 is 1.97 bits per heavy atom. The summed E-state index contributed by atoms with van der Waals surface area (Å²) in [6.45, 7) is 4.19. The van der Waals surface area contributed by atoms with Crippen molar-refractivity contribution in [2.24, 2.45) is 0 Å². The summed E-state index contributed by atoms with van der Waals surface area (Å²) in [4.78, 5) is 14.0. The zero-order valence-corrected chi connectivity index (χ0v) is 17.3. The maximum Gasteiger partial charge on any atom is 0.222 e. The largest absolute Gasteiger partial charge is 0.494 e. The van der Waals surface area contributed by atoms with Crippen LogP contribution in [0, 0.1) is 0 Å². The number of ether oxygens (including phenoxy) is 1. The molecule has 150 valence electrons. The molecule has 4 aromatic rings. The molecule has 1 aliphatic heterocycles. The van der Waals surface area contributed by atoms with Crippen LogP contribution >= 0.6 is 11.3 Å². The summed E-state index contributed by atoms with van der Waals surface area (Å²) < 4.78 is 7.14. The van der Waals surface area contributed by atoms with E-state index in [1.165, 1.54) is 0 Å². The molecule has 0 amide bonds. The molecule has 2 N–H and O–H groups in total. The number of nitrogens with zero attached hydrogens (tertiary/aromatic N) is 6. The van der Waals surface area contributed by atoms with E-state index in [1.54, 1.807) is 23.0 Å². The van der Waals surface area contributed by atoms with Crippen molar-refractivity contribution in [2.45, 2.75) is 6.42 Å². The van der Waals surface area contributed by atoms with Gasteiger partial charge >= 0.3 is 0 Å². The molecule has 1 fully saturated rings. The topological polar surface area (TPSA) is 84.8 Å². The number of methoxy groups -OCH3 is 1. The van der Waals surface area contributed by atoms with Gasteiger partial charge < -0.3 is 20.3 Å². The minimum atomic E-state index is 0.347. The average Bonchev–Trinajstić information content (AvgIpc) is 3.36. The van der Waals surface area contributed by atoms with Crippen LogP contribution in [0.3, 0.4) is 0 Å². The summed E-state index contributed by atoms with van der Waals surface area (Å²) in [5, 5.41) is 8.86. The van der Waals surface area contributed by atoms with Crippen LogP contribution < -0.4 is 15.4 Å². The summed E-state index contributed by atoms with van der Waals surface area (Å²) in [5.41, 5.74) is 9.80. The zero-order valence-electron chi connectivity index (χ0n) is 16.5. The number of piperazine rings is 1. The maximum atomic E-state index is 6.18. The SMILES string of the molecule is COc1cccc2c1nc(N)n1nc(Cc3csc(N4CCN(C)CC4)n3)cc21. The number of likely N-dealkylation sites (N-methyl/N-ethyl adjacent to an activating group) is 1. The highest BCUT2D eigenvalue weighted by atomic mass is 32.1. The molecule has 9 heteroatoms. The van der Waals surface area contributed by atoms with Gasteiger partial charge in [-0.2, -0.15) is 9.61 Å². The molecular weight excluding hydrogens is 386 g/mol. The number of anilines is 2. The second-order valence-corrected chi connectivity index (χ2v) is 8.18. The van der Waals surface area contributed by atoms with E-state index in [0.717, 1.165) is 59.1 Å². The Hall–Kier alpha value is -2.91. The maximum absolute atomic E-state index is 6.18. The monoisotopic (exact) mass is 409 g/mol. The number of hydrogen-bond acceptors (Lipinski definition) is 8. The highest BCUT2D eigenvalue weighted by molar-refractivity contribution is 7.13. The van der Waals surface area contributed by atoms with Gasteiger partial charge in [0.15, 0.2) is 5.13 Å². The number of rotatable bonds is 4. The molecule has 1 aliphatic rings. The van der Waals surface area contributed by atoms with Crippen molar-refractivity contribution in [3.05, 3.63) is 41.0 Å². The normalized spacial score (nSPS) is 15.4. The lowest BCUT2D eigenvalue weighted by molar-refractivity contribution is 0.312. The highest BCUT2D eigenvalue weighted by Gasteiger charge is 2.18. The predicted molar refractivity (Wildman–Crippen MR) is 116 cm³/mol. The van der Waals surface area contributed by atoms with E-state index in [0.29, 0.717) is 18.1 Å². The minimum absolute atomic E-state index is 0.347. The van der Waals surface area contributed by atoms with Crippen molar-refractivity contribution >= 4 is 38.8 Å². The molecule has 1 aromatic carbocycles. The summed E-state index contributed by atoms with van der Waals surface area (Å²) in [5.74, 6) is 1.05. The van der Waals surface area contributed by atoms with Crippen LogP contribution in [0.2, 0.25) is 0 Å². The lowest BCUT2D eigenvalue weighted by Gasteiger charge is -2.32. The van der Waals surface area contributed by atoms with Gasteiger partial charge in [0.05, 0.1) is 24.0 Å². The Bertz CT molecular complexity index is 1180. The number of hydrogen-bond donors (Lipinski definition) is 1. The Kier molecular flexibility index (Phi) is 4.48. The van der Waals surface area contributed by atoms with E-state index in [9.17, 15) is 0 Å². The molecule has 1 saturated heterocycles. The van der Waals surface area contributed by atoms with Crippen LogP contribution in [0.1, 0.15) is 11.4 Å². The number of nitrogen functional groups attached to an aromatic ring is 1. The van der Waals surface area contributed by atoms with Gasteiger partial charge in [-0.1, -0.05) is 12.1 Å². The van der Waals surface area contributed by atoms with Crippen LogP contribution in [0.4, 0.5) is 11.1 Å². The van der Waals surface area contributed by atoms with E-state index in [1.807, 2.05) is 18.2 Å². The molecule has 0 saturated carbocycles. The second kappa shape index (κ2) is 7.16. The first-order valence-corrected chi connectivity index (χ1v) is 10.5. The molecule has 0 atom stereocenters. The minimum Gasteiger partial charge on any atom is -0.494 e. The fourth-order valence-corrected chi connectivity index (χ4v) is 4.64. The molecule has 0 bridgehead atoms. The highest BCUT2D eigenvalue weighted by Crippen LogP contribution is 2.29. The van der Waals surface area contributed by atoms with Gasteiger partial charge in [0.2, 0.25) is 5.95 Å². The number of fused-ring (bicyclic) bond motifs is 3. The van der Waals surface area contributed by atoms with E-state index < -0.39 is 0 Å². The standard InChI is InChI=1S/C20H23N7OS/c1-25-6-8-26(9-7-25)20-22-14(12-29-20)10-13-11-16-15-4-3-5-17(28-2)18(15)23-19(21)27(16)24-13/h3-5,11-12H,6-10H2,1-2H3,(H2,21,23). The number of aromatic nitrogens is 4. The van der Waals surface area contributed by atoms with E-state index >= 15 is 0 Å². The van der Waals surface area contributed by atoms with Gasteiger partial charge in [0.25, 0.3) is 0 Å². The van der Waals surface area contributed by atoms with Crippen LogP contribution in [0.5, 0.6) is 5.75 Å². The third-order valence-corrected chi connectivity index (χ3v) is 6.32. The lowest BCUT2D eigenvalue weighted by Crippen LogP contribution is -2.44. The van der Waals surface area contributed by atoms with E-state index in [4.69, 9.17) is 15.5 Å². The van der Waals surface area contributed by atoms with Crippen molar-refractivity contribution in [3.63, 3.8) is 0 Å². The zero-order chi connectivity index (χ0) is 20.0. The molecule has 3 aromatic heterocycles. The van der Waals surface area contributed by atoms with Gasteiger partial charge in [-0.25, -0.2) is 9.97 Å². The van der Waals surface area contributed by atoms with Crippen molar-refractivity contribution in [1.82, 2.24) is 24.5 Å². The van der Waals surface area contributed by atoms with Crippen molar-refractivity contribution in [2.75, 3.05) is 51.0 Å². The summed E-state index contributed by atoms with van der Waals surface area (Å²) in [6, 6.07) is 7.92. The average molecular weight is 410 g/mol. The first kappa shape index (κ1) is 18.1. The second-order valence-electron chi connectivity index (χ2n) is 7.35. The van der Waals surface area contributed by atoms with Crippen LogP contribution in [-0.4, -0.2) is 64.8 Å². The van der Waals surface area contributed by atoms with Crippen molar-refractivity contribution in [1.29, 1.82) is 0 Å². The fourth-order valence-electron chi connectivity index (χ4n) is 3.76. The summed E-state index contributed by atoms with van der Waals surface area (Å²) >= 11 is 1.70. The predicted octanol–water partition coefficient (Wildman–Crippen LogP) is 2.27. The number of para-hydroxylation sites is 1. The van der Waals surface area contributed by atoms with Crippen LogP contribution in [-0.2, 0) is 6.42 Å². The quantitative estimate of drug-likeness (QED) is 0.553. The van der Waals surface area contributed by atoms with Crippen LogP contribution in [0.25, 0.3) is 16.4 Å². The number of thiazole rings is 1. The van der Waals surface area contributed by atoms with Gasteiger partial charge in [-0.15, -0.1) is 11.3 Å². The van der Waals surface area contributed by atoms with E-state index in [2.05, 4.69) is 38.4 Å². The molecule has 8 nitrogen and oxygen atoms in total. The molecule has 0 aliphatic carbocycles. The molecule has 0 unspecified atom stereocenters. The van der Waals surface area contributed by atoms with Gasteiger partial charge in [-0.3, -0.25) is 0 Å². The van der Waals surface area contributed by atoms with Crippen molar-refractivity contribution in [3.8, 4) is 5.75 Å². The number of benzene rings is 1. The Morgan fingerprint density at radius 1 is 1.14 bits per heavy atom. The number of nitrogens with two attached hydrogens (primary N) is 1. The fraction of sp³-hybridized carbons (Fsp3) is 0.350. The Morgan fingerprint density at radius 3 is 2.76 bits per heavy atom. The summed E-state index contributed by atoms with van der Waals surface area (Å²) in [7, 11) is 3.80. The summed E-state index contributed by atoms with van der Waals surface area (Å²) in [6.07, 6.45) is 0.664. The first-order chi connectivity index (χ1) is 14.1. The molecular formula is C20H23N7OS. The Labute approximate surface area is 172 Å². The van der Waals surface area contributed by atoms with Gasteiger partial charge in [0, 0.05) is 43.4 Å². The molecule has 5 rings (SSSR count). The smallest absolute Gasteiger partial charge is 0.222 e. The van der Waals surface area contributed by atoms with Gasteiger partial charge in [-0.05, 0) is 19.2 Å². The molecule has 4 heterocycles. The van der Waals surface area contributed by atoms with Crippen LogP contribution in [0.15, 0.2) is 29.6 Å². The molecule has 0 radical (unpaired) electrons. The van der Waals surface area contributed by atoms with Crippen molar-refractivity contribution < 1.29 is 4.74 Å². The third-order valence-electron chi connectivity index (χ3n) is 5.37. The molecule has 29 heavy (non-hydrogen) atoms. The lowest BCUT2D eigenvalue weighted by atomic mass is 10.2. The van der Waals surface area contributed by atoms with Gasteiger partial charge in [0.1, 0.15) is 11.3 Å². The van der Waals surface area contributed by atoms with E-state index in [-0.39, 0.29) is 0 Å². The Balaban J connectivity index is 1.46.